The van der Waals surface area contributed by atoms with Gasteiger partial charge in [-0.05, 0) is 0 Å². The van der Waals surface area contributed by atoms with Crippen LogP contribution in [-0.4, -0.2) is 39.7 Å². The molecule has 1 aromatic carbocycles. The van der Waals surface area contributed by atoms with Gasteiger partial charge in [-0.1, -0.05) is 0 Å². The van der Waals surface area contributed by atoms with Crippen LogP contribution in [0.3, 0.4) is 0 Å². The Balaban J connectivity index is 0.000000581. The minimum absolute atomic E-state index is 0.142. The summed E-state index contributed by atoms with van der Waals surface area (Å²) >= 11 is 0.686. The van der Waals surface area contributed by atoms with E-state index in [0.717, 1.165) is 41.9 Å². The molecule has 1 unspecified atom stereocenters. The van der Waals surface area contributed by atoms with Gasteiger partial charge in [-0.15, -0.1) is 0 Å². The normalized spacial score (nSPS) is 42.2. The Hall–Kier alpha value is -0.338. The minimum Gasteiger partial charge on any atom is -0.286 e. The van der Waals surface area contributed by atoms with Gasteiger partial charge in [0.1, 0.15) is 0 Å². The molecule has 7 heteroatoms. The van der Waals surface area contributed by atoms with Crippen molar-refractivity contribution in [1.29, 1.82) is 0 Å². The molecular formula is C37H56NO3PPdS. The van der Waals surface area contributed by atoms with E-state index in [1.165, 1.54) is 24.0 Å². The average Bonchev–Trinajstić information content (AvgIpc) is 2.93. The van der Waals surface area contributed by atoms with Gasteiger partial charge < -0.3 is 0 Å². The third-order valence-corrected chi connectivity index (χ3v) is 30.1. The molecule has 0 radical (unpaired) electrons. The quantitative estimate of drug-likeness (QED) is 0.159. The first-order chi connectivity index (χ1) is 20.9. The molecule has 4 nitrogen and oxygen atoms in total. The molecule has 9 aliphatic carbocycles. The van der Waals surface area contributed by atoms with Gasteiger partial charge in [-0.3, -0.25) is 4.55 Å². The molecule has 1 atom stereocenters. The van der Waals surface area contributed by atoms with Crippen molar-refractivity contribution in [2.24, 2.45) is 41.2 Å². The van der Waals surface area contributed by atoms with Crippen molar-refractivity contribution in [3.63, 3.8) is 0 Å². The Morgan fingerprint density at radius 2 is 1.27 bits per heavy atom. The molecule has 44 heavy (non-hydrogen) atoms. The molecule has 0 saturated heterocycles. The number of benzene rings is 1. The fourth-order valence-electron chi connectivity index (χ4n) is 12.8. The van der Waals surface area contributed by atoms with Gasteiger partial charge in [-0.2, -0.15) is 8.42 Å². The first-order valence-electron chi connectivity index (χ1n) is 17.7. The van der Waals surface area contributed by atoms with Crippen LogP contribution in [0.25, 0.3) is 5.57 Å². The van der Waals surface area contributed by atoms with Crippen LogP contribution in [0.2, 0.25) is 0 Å². The number of hydrogen-bond donors (Lipinski definition) is 2. The van der Waals surface area contributed by atoms with Gasteiger partial charge in [0.25, 0.3) is 10.1 Å². The molecule has 0 aliphatic heterocycles. The second kappa shape index (κ2) is 12.0. The van der Waals surface area contributed by atoms with E-state index in [1.54, 1.807) is 83.2 Å². The smallest absolute Gasteiger partial charge is 0.261 e. The molecule has 10 rings (SSSR count). The van der Waals surface area contributed by atoms with Crippen molar-refractivity contribution in [2.75, 3.05) is 12.4 Å². The molecule has 8 bridgehead atoms. The number of rotatable bonds is 8. The molecule has 248 valence electrons. The molecule has 0 aromatic heterocycles. The Bertz CT molecular complexity index is 1270. The zero-order valence-corrected chi connectivity index (χ0v) is 30.3. The largest absolute Gasteiger partial charge is 0.286 e. The van der Waals surface area contributed by atoms with Gasteiger partial charge in [-0.25, -0.2) is 0 Å². The van der Waals surface area contributed by atoms with Crippen molar-refractivity contribution in [3.8, 4) is 0 Å². The van der Waals surface area contributed by atoms with Crippen molar-refractivity contribution in [1.82, 2.24) is 0 Å². The maximum absolute atomic E-state index is 9.19. The topological polar surface area (TPSA) is 80.4 Å². The predicted octanol–water partition coefficient (Wildman–Crippen LogP) is 8.67. The van der Waals surface area contributed by atoms with Crippen molar-refractivity contribution >= 4 is 21.1 Å². The van der Waals surface area contributed by atoms with Gasteiger partial charge in [0.2, 0.25) is 0 Å². The van der Waals surface area contributed by atoms with Gasteiger partial charge in [0.15, 0.2) is 0 Å². The molecule has 8 saturated carbocycles. The molecular weight excluding hydrogens is 676 g/mol. The van der Waals surface area contributed by atoms with Gasteiger partial charge >= 0.3 is 248 Å². The Morgan fingerprint density at radius 3 is 1.68 bits per heavy atom. The van der Waals surface area contributed by atoms with E-state index in [9.17, 15) is 8.42 Å². The number of unbranched alkanes of at least 4 members (excludes halogenated alkanes) is 1. The van der Waals surface area contributed by atoms with Crippen LogP contribution < -0.4 is 5.73 Å². The number of nitrogens with two attached hydrogens (primary N) is 1. The predicted molar refractivity (Wildman–Crippen MR) is 182 cm³/mol. The van der Waals surface area contributed by atoms with Crippen molar-refractivity contribution < 1.29 is 30.5 Å². The second-order valence-corrected chi connectivity index (χ2v) is 28.7. The van der Waals surface area contributed by atoms with Gasteiger partial charge in [0, 0.05) is 0 Å². The summed E-state index contributed by atoms with van der Waals surface area (Å²) in [5.41, 5.74) is 9.05. The van der Waals surface area contributed by atoms with Crippen molar-refractivity contribution in [2.45, 2.75) is 118 Å². The van der Waals surface area contributed by atoms with Crippen LogP contribution in [0.4, 0.5) is 0 Å². The zero-order chi connectivity index (χ0) is 30.8. The summed E-state index contributed by atoms with van der Waals surface area (Å²) in [6.07, 6.45) is 32.6. The molecule has 0 heterocycles. The zero-order valence-electron chi connectivity index (χ0n) is 27.0. The van der Waals surface area contributed by atoms with E-state index < -0.39 is 15.6 Å². The van der Waals surface area contributed by atoms with Crippen LogP contribution in [0, 0.1) is 35.5 Å². The Morgan fingerprint density at radius 1 is 0.841 bits per heavy atom. The molecule has 0 spiro atoms. The van der Waals surface area contributed by atoms with E-state index in [2.05, 4.69) is 55.5 Å². The van der Waals surface area contributed by atoms with Crippen LogP contribution in [0.15, 0.2) is 48.6 Å². The van der Waals surface area contributed by atoms with E-state index >= 15 is 0 Å². The number of hydrogen-bond acceptors (Lipinski definition) is 3. The Kier molecular flexibility index (Phi) is 8.76. The fraction of sp³-hybridized carbons (Fsp3) is 0.730. The van der Waals surface area contributed by atoms with E-state index in [0.29, 0.717) is 34.1 Å². The first kappa shape index (κ1) is 32.2. The summed E-state index contributed by atoms with van der Waals surface area (Å²) in [4.78, 5) is 0. The Labute approximate surface area is 275 Å². The molecule has 9 aliphatic rings. The minimum atomic E-state index is -3.67. The standard InChI is InChI=1S/C24H39P.C12H12N.CH4O3S.Pd/c1-2-3-4-25(23-11-17-5-18(12-23)7-19(6-17)13-23)24-14-20-8-21(15-24)10-22(9-20)16-24;13-12-9-5-4-8-11(12)10-6-2-1-3-7-10;1-5(2,3)4;/h17-22H,2-16H2,1H3;1-8H,9,13H2;1H3,(H,2,3,4);/q;;;-1/p+1. The molecule has 0 amide bonds. The van der Waals surface area contributed by atoms with Crippen LogP contribution in [-0.2, 0) is 27.6 Å². The summed E-state index contributed by atoms with van der Waals surface area (Å²) in [7, 11) is -3.67. The third-order valence-electron chi connectivity index (χ3n) is 13.1. The van der Waals surface area contributed by atoms with Crippen LogP contribution in [0.1, 0.15) is 109 Å². The summed E-state index contributed by atoms with van der Waals surface area (Å²) in [6.45, 7) is 2.49. The van der Waals surface area contributed by atoms with Gasteiger partial charge in [0.05, 0.1) is 6.26 Å². The summed E-state index contributed by atoms with van der Waals surface area (Å²) in [5.74, 6) is 6.31. The molecule has 1 aromatic rings. The molecule has 8 fully saturated rings. The first-order valence-corrected chi connectivity index (χ1v) is 24.7. The SMILES string of the molecule is CCCC[PH]([Pd][C]1(N)CC=CC=C1c1ccccc1)(C12CC3CC(CC(C3)C1)C2)C12CC3CC(CC(C3)C1)C2.CS(=O)(=O)O. The summed E-state index contributed by atoms with van der Waals surface area (Å²) in [6, 6.07) is 11.4. The third kappa shape index (κ3) is 5.83. The number of allylic oxidation sites excluding steroid dienone is 2. The van der Waals surface area contributed by atoms with E-state index in [-0.39, 0.29) is 4.01 Å². The second-order valence-electron chi connectivity index (χ2n) is 16.4. The summed E-state index contributed by atoms with van der Waals surface area (Å²) in [5, 5.41) is 1.40. The maximum Gasteiger partial charge on any atom is 0.261 e. The van der Waals surface area contributed by atoms with Crippen LogP contribution >= 0.6 is 5.45 Å². The van der Waals surface area contributed by atoms with E-state index in [1.807, 2.05) is 0 Å². The maximum atomic E-state index is 9.19. The fourth-order valence-corrected chi connectivity index (χ4v) is 32.3. The van der Waals surface area contributed by atoms with E-state index in [4.69, 9.17) is 10.3 Å². The van der Waals surface area contributed by atoms with Crippen LogP contribution in [0.5, 0.6) is 0 Å². The average molecular weight is 732 g/mol. The summed E-state index contributed by atoms with van der Waals surface area (Å²) < 4.78 is 25.7. The van der Waals surface area contributed by atoms with Crippen molar-refractivity contribution in [3.05, 3.63) is 54.1 Å². The molecule has 3 N–H and O–H groups in total. The monoisotopic (exact) mass is 731 g/mol.